The maximum absolute atomic E-state index is 12.9. The van der Waals surface area contributed by atoms with Crippen LogP contribution >= 0.6 is 22.9 Å². The van der Waals surface area contributed by atoms with Gasteiger partial charge in [-0.05, 0) is 42.1 Å². The number of sulfonamides is 1. The van der Waals surface area contributed by atoms with Gasteiger partial charge < -0.3 is 4.42 Å². The van der Waals surface area contributed by atoms with Crippen molar-refractivity contribution in [2.75, 3.05) is 6.54 Å². The second kappa shape index (κ2) is 7.70. The Kier molecular flexibility index (Phi) is 5.58. The molecule has 1 aromatic carbocycles. The molecule has 0 aliphatic heterocycles. The van der Waals surface area contributed by atoms with Crippen LogP contribution in [0, 0.1) is 0 Å². The maximum atomic E-state index is 12.9. The van der Waals surface area contributed by atoms with Gasteiger partial charge in [0, 0.05) is 11.6 Å². The van der Waals surface area contributed by atoms with E-state index >= 15 is 0 Å². The minimum Gasteiger partial charge on any atom is -0.444 e. The zero-order valence-electron chi connectivity index (χ0n) is 13.6. The fraction of sp³-hybridized carbons (Fsp3) is 0.235. The first-order valence-corrected chi connectivity index (χ1v) is 10.4. The third kappa shape index (κ3) is 4.12. The van der Waals surface area contributed by atoms with Crippen LogP contribution < -0.4 is 0 Å². The summed E-state index contributed by atoms with van der Waals surface area (Å²) in [5.74, 6) is 0.505. The molecule has 0 N–H and O–H groups in total. The zero-order chi connectivity index (χ0) is 17.9. The first kappa shape index (κ1) is 18.1. The van der Waals surface area contributed by atoms with E-state index in [-0.39, 0.29) is 11.4 Å². The molecular weight excluding hydrogens is 380 g/mol. The van der Waals surface area contributed by atoms with Crippen LogP contribution in [0.5, 0.6) is 0 Å². The molecule has 0 amide bonds. The van der Waals surface area contributed by atoms with Gasteiger partial charge in [-0.2, -0.15) is 4.31 Å². The standard InChI is InChI=1S/C17H17ClN2O3S2/c1-2-9-20(25(21,22)15-7-5-13(18)6-8-15)11-14-12-23-17(19-14)16-4-3-10-24-16/h3-8,10,12H,2,9,11H2,1H3. The third-order valence-electron chi connectivity index (χ3n) is 3.55. The molecule has 5 nitrogen and oxygen atoms in total. The second-order valence-corrected chi connectivity index (χ2v) is 8.74. The van der Waals surface area contributed by atoms with E-state index < -0.39 is 10.0 Å². The Morgan fingerprint density at radius 1 is 1.24 bits per heavy atom. The Labute approximate surface area is 155 Å². The van der Waals surface area contributed by atoms with Gasteiger partial charge in [0.1, 0.15) is 6.26 Å². The van der Waals surface area contributed by atoms with Crippen LogP contribution in [0.2, 0.25) is 5.02 Å². The predicted octanol–water partition coefficient (Wildman–Crippen LogP) is 4.66. The zero-order valence-corrected chi connectivity index (χ0v) is 15.9. The van der Waals surface area contributed by atoms with Crippen molar-refractivity contribution >= 4 is 33.0 Å². The highest BCUT2D eigenvalue weighted by molar-refractivity contribution is 7.89. The summed E-state index contributed by atoms with van der Waals surface area (Å²) in [7, 11) is -3.63. The maximum Gasteiger partial charge on any atom is 0.243 e. The van der Waals surface area contributed by atoms with Gasteiger partial charge >= 0.3 is 0 Å². The largest absolute Gasteiger partial charge is 0.444 e. The smallest absolute Gasteiger partial charge is 0.243 e. The van der Waals surface area contributed by atoms with Gasteiger partial charge in [-0.3, -0.25) is 0 Å². The highest BCUT2D eigenvalue weighted by atomic mass is 35.5. The van der Waals surface area contributed by atoms with E-state index in [9.17, 15) is 8.42 Å². The molecule has 3 rings (SSSR count). The first-order valence-electron chi connectivity index (χ1n) is 7.74. The van der Waals surface area contributed by atoms with Crippen LogP contribution in [0.1, 0.15) is 19.0 Å². The molecule has 3 aromatic rings. The van der Waals surface area contributed by atoms with Crippen LogP contribution in [0.3, 0.4) is 0 Å². The molecule has 0 bridgehead atoms. The average molecular weight is 397 g/mol. The summed E-state index contributed by atoms with van der Waals surface area (Å²) < 4.78 is 32.7. The van der Waals surface area contributed by atoms with E-state index in [1.807, 2.05) is 24.4 Å². The van der Waals surface area contributed by atoms with Gasteiger partial charge in [0.2, 0.25) is 15.9 Å². The fourth-order valence-corrected chi connectivity index (χ4v) is 4.65. The number of thiophene rings is 1. The van der Waals surface area contributed by atoms with Crippen LogP contribution in [0.25, 0.3) is 10.8 Å². The van der Waals surface area contributed by atoms with E-state index in [1.54, 1.807) is 12.1 Å². The SMILES string of the molecule is CCCN(Cc1coc(-c2cccs2)n1)S(=O)(=O)c1ccc(Cl)cc1. The lowest BCUT2D eigenvalue weighted by Crippen LogP contribution is -2.31. The number of halogens is 1. The minimum absolute atomic E-state index is 0.160. The normalized spacial score (nSPS) is 12.0. The molecule has 25 heavy (non-hydrogen) atoms. The molecule has 8 heteroatoms. The number of aromatic nitrogens is 1. The summed E-state index contributed by atoms with van der Waals surface area (Å²) >= 11 is 7.38. The van der Waals surface area contributed by atoms with Crippen molar-refractivity contribution in [2.24, 2.45) is 0 Å². The monoisotopic (exact) mass is 396 g/mol. The van der Waals surface area contributed by atoms with E-state index in [0.29, 0.717) is 29.6 Å². The van der Waals surface area contributed by atoms with Crippen LogP contribution in [-0.4, -0.2) is 24.3 Å². The Hall–Kier alpha value is -1.67. The molecule has 0 saturated carbocycles. The van der Waals surface area contributed by atoms with Gasteiger partial charge in [0.25, 0.3) is 0 Å². The summed E-state index contributed by atoms with van der Waals surface area (Å²) in [5.41, 5.74) is 0.578. The summed E-state index contributed by atoms with van der Waals surface area (Å²) in [6.45, 7) is 2.49. The van der Waals surface area contributed by atoms with E-state index in [1.165, 1.54) is 34.0 Å². The molecule has 0 unspecified atom stereocenters. The molecule has 0 radical (unpaired) electrons. The molecule has 0 aliphatic carbocycles. The predicted molar refractivity (Wildman–Crippen MR) is 99.2 cm³/mol. The van der Waals surface area contributed by atoms with E-state index in [2.05, 4.69) is 4.98 Å². The van der Waals surface area contributed by atoms with Crippen molar-refractivity contribution < 1.29 is 12.8 Å². The highest BCUT2D eigenvalue weighted by Gasteiger charge is 2.25. The summed E-state index contributed by atoms with van der Waals surface area (Å²) in [6.07, 6.45) is 2.21. The Bertz CT molecular complexity index is 919. The Balaban J connectivity index is 1.85. The molecular formula is C17H17ClN2O3S2. The minimum atomic E-state index is -3.63. The number of oxazole rings is 1. The van der Waals surface area contributed by atoms with Crippen LogP contribution in [-0.2, 0) is 16.6 Å². The summed E-state index contributed by atoms with van der Waals surface area (Å²) in [6, 6.07) is 10.0. The van der Waals surface area contributed by atoms with E-state index in [4.69, 9.17) is 16.0 Å². The van der Waals surface area contributed by atoms with Crippen molar-refractivity contribution in [1.29, 1.82) is 0 Å². The van der Waals surface area contributed by atoms with Gasteiger partial charge in [-0.25, -0.2) is 13.4 Å². The lowest BCUT2D eigenvalue weighted by molar-refractivity contribution is 0.401. The average Bonchev–Trinajstić information content (AvgIpc) is 3.26. The molecule has 0 saturated heterocycles. The lowest BCUT2D eigenvalue weighted by Gasteiger charge is -2.20. The number of rotatable bonds is 7. The molecule has 2 heterocycles. The first-order chi connectivity index (χ1) is 12.0. The third-order valence-corrected chi connectivity index (χ3v) is 6.52. The number of nitrogens with zero attached hydrogens (tertiary/aromatic N) is 2. The van der Waals surface area contributed by atoms with Crippen molar-refractivity contribution in [3.05, 3.63) is 58.8 Å². The van der Waals surface area contributed by atoms with Crippen LogP contribution in [0.15, 0.2) is 57.4 Å². The molecule has 0 spiro atoms. The quantitative estimate of drug-likeness (QED) is 0.582. The highest BCUT2D eigenvalue weighted by Crippen LogP contribution is 2.25. The van der Waals surface area contributed by atoms with Gasteiger partial charge in [-0.15, -0.1) is 11.3 Å². The second-order valence-electron chi connectivity index (χ2n) is 5.41. The van der Waals surface area contributed by atoms with Gasteiger partial charge in [-0.1, -0.05) is 24.6 Å². The summed E-state index contributed by atoms with van der Waals surface area (Å²) in [4.78, 5) is 5.54. The molecule has 0 fully saturated rings. The Morgan fingerprint density at radius 2 is 2.00 bits per heavy atom. The number of hydrogen-bond acceptors (Lipinski definition) is 5. The Morgan fingerprint density at radius 3 is 2.64 bits per heavy atom. The molecule has 0 aliphatic rings. The van der Waals surface area contributed by atoms with Crippen LogP contribution in [0.4, 0.5) is 0 Å². The van der Waals surface area contributed by atoms with E-state index in [0.717, 1.165) is 4.88 Å². The van der Waals surface area contributed by atoms with Gasteiger partial charge in [0.15, 0.2) is 0 Å². The topological polar surface area (TPSA) is 63.4 Å². The lowest BCUT2D eigenvalue weighted by atomic mass is 10.4. The summed E-state index contributed by atoms with van der Waals surface area (Å²) in [5, 5.41) is 2.44. The number of benzene rings is 1. The molecule has 0 atom stereocenters. The molecule has 2 aromatic heterocycles. The molecule has 132 valence electrons. The fourth-order valence-electron chi connectivity index (χ4n) is 2.36. The van der Waals surface area contributed by atoms with Crippen molar-refractivity contribution in [2.45, 2.75) is 24.8 Å². The van der Waals surface area contributed by atoms with Crippen molar-refractivity contribution in [1.82, 2.24) is 9.29 Å². The van der Waals surface area contributed by atoms with Crippen molar-refractivity contribution in [3.63, 3.8) is 0 Å². The van der Waals surface area contributed by atoms with Crippen molar-refractivity contribution in [3.8, 4) is 10.8 Å². The van der Waals surface area contributed by atoms with Gasteiger partial charge in [0.05, 0.1) is 22.0 Å². The number of hydrogen-bond donors (Lipinski definition) is 0.